The molecule has 4 rings (SSSR count). The second-order valence-electron chi connectivity index (χ2n) is 4.47. The third-order valence-electron chi connectivity index (χ3n) is 3.18. The molecule has 0 amide bonds. The van der Waals surface area contributed by atoms with E-state index in [0.717, 1.165) is 26.3 Å². The zero-order chi connectivity index (χ0) is 13.7. The van der Waals surface area contributed by atoms with Crippen molar-refractivity contribution in [2.45, 2.75) is 6.17 Å². The number of nitrogens with one attached hydrogen (secondary N) is 1. The molecule has 1 aliphatic heterocycles. The van der Waals surface area contributed by atoms with Gasteiger partial charge in [0.1, 0.15) is 0 Å². The van der Waals surface area contributed by atoms with Crippen LogP contribution in [0.2, 0.25) is 0 Å². The van der Waals surface area contributed by atoms with Crippen LogP contribution in [0.3, 0.4) is 0 Å². The van der Waals surface area contributed by atoms with Crippen molar-refractivity contribution < 1.29 is 0 Å². The summed E-state index contributed by atoms with van der Waals surface area (Å²) in [7, 11) is 0. The summed E-state index contributed by atoms with van der Waals surface area (Å²) < 4.78 is 3.13. The van der Waals surface area contributed by atoms with Gasteiger partial charge in [-0.2, -0.15) is 0 Å². The fourth-order valence-corrected chi connectivity index (χ4v) is 3.84. The van der Waals surface area contributed by atoms with E-state index >= 15 is 0 Å². The highest BCUT2D eigenvalue weighted by atomic mass is 79.9. The molecule has 3 heterocycles. The Labute approximate surface area is 127 Å². The van der Waals surface area contributed by atoms with Gasteiger partial charge in [-0.05, 0) is 34.1 Å². The van der Waals surface area contributed by atoms with Crippen LogP contribution in [-0.4, -0.2) is 15.5 Å². The summed E-state index contributed by atoms with van der Waals surface area (Å²) >= 11 is 5.13. The maximum atomic E-state index is 5.88. The highest BCUT2D eigenvalue weighted by molar-refractivity contribution is 9.10. The molecule has 20 heavy (non-hydrogen) atoms. The van der Waals surface area contributed by atoms with Gasteiger partial charge in [0.2, 0.25) is 5.95 Å². The van der Waals surface area contributed by atoms with E-state index in [1.165, 1.54) is 0 Å². The predicted octanol–water partition coefficient (Wildman–Crippen LogP) is 3.15. The molecule has 1 aromatic carbocycles. The topological polar surface area (TPSA) is 68.2 Å². The first-order valence-electron chi connectivity index (χ1n) is 6.03. The Hall–Kier alpha value is -1.86. The van der Waals surface area contributed by atoms with Gasteiger partial charge in [0.25, 0.3) is 0 Å². The normalized spacial score (nSPS) is 17.6. The minimum absolute atomic E-state index is 0.171. The van der Waals surface area contributed by atoms with Crippen LogP contribution >= 0.6 is 27.3 Å². The van der Waals surface area contributed by atoms with Gasteiger partial charge in [-0.1, -0.05) is 12.1 Å². The number of guanidine groups is 1. The monoisotopic (exact) mass is 347 g/mol. The number of benzene rings is 1. The number of imidazole rings is 1. The molecular formula is C13H10BrN5S. The van der Waals surface area contributed by atoms with Gasteiger partial charge in [0.05, 0.1) is 15.9 Å². The van der Waals surface area contributed by atoms with Crippen molar-refractivity contribution in [2.24, 2.45) is 10.7 Å². The van der Waals surface area contributed by atoms with Crippen molar-refractivity contribution in [1.82, 2.24) is 9.55 Å². The summed E-state index contributed by atoms with van der Waals surface area (Å²) in [6, 6.07) is 10.1. The molecule has 5 nitrogen and oxygen atoms in total. The van der Waals surface area contributed by atoms with E-state index in [2.05, 4.69) is 41.9 Å². The second-order valence-corrected chi connectivity index (χ2v) is 6.33. The van der Waals surface area contributed by atoms with Gasteiger partial charge >= 0.3 is 0 Å². The minimum atomic E-state index is -0.171. The first kappa shape index (κ1) is 11.9. The Balaban J connectivity index is 1.98. The molecular weight excluding hydrogens is 338 g/mol. The molecule has 2 aromatic heterocycles. The fourth-order valence-electron chi connectivity index (χ4n) is 2.37. The predicted molar refractivity (Wildman–Crippen MR) is 85.1 cm³/mol. The van der Waals surface area contributed by atoms with Crippen molar-refractivity contribution in [3.63, 3.8) is 0 Å². The summed E-state index contributed by atoms with van der Waals surface area (Å²) in [6.07, 6.45) is -0.171. The Morgan fingerprint density at radius 2 is 2.20 bits per heavy atom. The number of halogens is 1. The van der Waals surface area contributed by atoms with Crippen molar-refractivity contribution in [1.29, 1.82) is 0 Å². The first-order valence-corrected chi connectivity index (χ1v) is 7.71. The van der Waals surface area contributed by atoms with Crippen molar-refractivity contribution >= 4 is 50.2 Å². The summed E-state index contributed by atoms with van der Waals surface area (Å²) in [5.74, 6) is 1.12. The lowest BCUT2D eigenvalue weighted by Crippen LogP contribution is -2.31. The van der Waals surface area contributed by atoms with Crippen LogP contribution in [0.4, 0.5) is 5.95 Å². The number of nitrogens with zero attached hydrogens (tertiary/aromatic N) is 3. The van der Waals surface area contributed by atoms with Crippen LogP contribution < -0.4 is 11.1 Å². The molecule has 3 N–H and O–H groups in total. The summed E-state index contributed by atoms with van der Waals surface area (Å²) in [4.78, 5) is 10.2. The molecule has 0 bridgehead atoms. The van der Waals surface area contributed by atoms with E-state index in [1.54, 1.807) is 11.3 Å². The number of hydrogen-bond acceptors (Lipinski definition) is 5. The van der Waals surface area contributed by atoms with Crippen molar-refractivity contribution in [3.8, 4) is 0 Å². The molecule has 3 aromatic rings. The number of para-hydroxylation sites is 2. The highest BCUT2D eigenvalue weighted by Crippen LogP contribution is 2.35. The molecule has 0 aliphatic carbocycles. The Morgan fingerprint density at radius 1 is 1.35 bits per heavy atom. The van der Waals surface area contributed by atoms with E-state index < -0.39 is 0 Å². The molecule has 1 atom stereocenters. The second kappa shape index (κ2) is 4.32. The van der Waals surface area contributed by atoms with Crippen LogP contribution in [0, 0.1) is 0 Å². The SMILES string of the molecule is NC1=NC(c2cc(Br)cs2)n2c(nc3ccccc32)N1. The smallest absolute Gasteiger partial charge is 0.212 e. The third-order valence-corrected chi connectivity index (χ3v) is 4.92. The molecule has 0 saturated heterocycles. The van der Waals surface area contributed by atoms with Gasteiger partial charge in [-0.15, -0.1) is 11.3 Å². The van der Waals surface area contributed by atoms with E-state index in [0.29, 0.717) is 5.96 Å². The van der Waals surface area contributed by atoms with E-state index in [4.69, 9.17) is 5.73 Å². The Morgan fingerprint density at radius 3 is 3.00 bits per heavy atom. The summed E-state index contributed by atoms with van der Waals surface area (Å²) in [6.45, 7) is 0. The van der Waals surface area contributed by atoms with Crippen LogP contribution in [0.5, 0.6) is 0 Å². The van der Waals surface area contributed by atoms with Crippen molar-refractivity contribution in [2.75, 3.05) is 5.32 Å². The number of rotatable bonds is 1. The lowest BCUT2D eigenvalue weighted by molar-refractivity contribution is 0.637. The fraction of sp³-hybridized carbons (Fsp3) is 0.0769. The largest absolute Gasteiger partial charge is 0.370 e. The maximum absolute atomic E-state index is 5.88. The molecule has 0 radical (unpaired) electrons. The van der Waals surface area contributed by atoms with Gasteiger partial charge in [0, 0.05) is 9.85 Å². The number of anilines is 1. The molecule has 0 spiro atoms. The molecule has 0 saturated carbocycles. The summed E-state index contributed by atoms with van der Waals surface area (Å²) in [5.41, 5.74) is 7.86. The number of thiophene rings is 1. The van der Waals surface area contributed by atoms with Crippen LogP contribution in [0.1, 0.15) is 11.0 Å². The average molecular weight is 348 g/mol. The van der Waals surface area contributed by atoms with E-state index in [-0.39, 0.29) is 6.17 Å². The van der Waals surface area contributed by atoms with Crippen molar-refractivity contribution in [3.05, 3.63) is 45.1 Å². The zero-order valence-corrected chi connectivity index (χ0v) is 12.6. The van der Waals surface area contributed by atoms with Gasteiger partial charge in [0.15, 0.2) is 12.1 Å². The number of aromatic nitrogens is 2. The number of nitrogens with two attached hydrogens (primary N) is 1. The van der Waals surface area contributed by atoms with Crippen LogP contribution in [-0.2, 0) is 0 Å². The first-order chi connectivity index (χ1) is 9.72. The zero-order valence-electron chi connectivity index (χ0n) is 10.2. The molecule has 1 unspecified atom stereocenters. The molecule has 1 aliphatic rings. The van der Waals surface area contributed by atoms with Gasteiger partial charge < -0.3 is 5.73 Å². The van der Waals surface area contributed by atoms with Crippen LogP contribution in [0.25, 0.3) is 11.0 Å². The third kappa shape index (κ3) is 1.74. The summed E-state index contributed by atoms with van der Waals surface area (Å²) in [5, 5.41) is 5.07. The number of aliphatic imine (C=N–C) groups is 1. The lowest BCUT2D eigenvalue weighted by Gasteiger charge is -2.22. The Kier molecular flexibility index (Phi) is 2.58. The van der Waals surface area contributed by atoms with Gasteiger partial charge in [-0.25, -0.2) is 9.98 Å². The minimum Gasteiger partial charge on any atom is -0.370 e. The average Bonchev–Trinajstić information content (AvgIpc) is 3.00. The maximum Gasteiger partial charge on any atom is 0.212 e. The van der Waals surface area contributed by atoms with Gasteiger partial charge in [-0.3, -0.25) is 9.88 Å². The molecule has 7 heteroatoms. The molecule has 0 fully saturated rings. The Bertz CT molecular complexity index is 834. The number of hydrogen-bond donors (Lipinski definition) is 2. The quantitative estimate of drug-likeness (QED) is 0.710. The lowest BCUT2D eigenvalue weighted by atomic mass is 10.3. The number of fused-ring (bicyclic) bond motifs is 3. The van der Waals surface area contributed by atoms with Crippen LogP contribution in [0.15, 0.2) is 45.2 Å². The van der Waals surface area contributed by atoms with E-state index in [1.807, 2.05) is 29.6 Å². The van der Waals surface area contributed by atoms with E-state index in [9.17, 15) is 0 Å². The highest BCUT2D eigenvalue weighted by Gasteiger charge is 2.25. The molecule has 100 valence electrons. The standard InChI is InChI=1S/C13H10BrN5S/c14-7-5-10(20-6-7)11-17-12(15)18-13-16-8-3-1-2-4-9(8)19(11)13/h1-6,11H,(H3,15,16,17,18).